The number of amides is 1. The molecule has 1 aliphatic heterocycles. The van der Waals surface area contributed by atoms with Gasteiger partial charge in [0.25, 0.3) is 0 Å². The number of hydrogen-bond donors (Lipinski definition) is 1. The molecule has 0 radical (unpaired) electrons. The number of carbonyl (C=O) groups excluding carboxylic acids is 1. The van der Waals surface area contributed by atoms with Crippen LogP contribution in [0.15, 0.2) is 0 Å². The zero-order valence-electron chi connectivity index (χ0n) is 15.0. The highest BCUT2D eigenvalue weighted by atomic mass is 16.6. The first kappa shape index (κ1) is 17.6. The smallest absolute Gasteiger partial charge is 0.407 e. The van der Waals surface area contributed by atoms with Crippen LogP contribution in [0, 0.1) is 11.8 Å². The molecule has 2 fully saturated rings. The summed E-state index contributed by atoms with van der Waals surface area (Å²) < 4.78 is 5.43. The zero-order chi connectivity index (χ0) is 16.3. The Morgan fingerprint density at radius 3 is 2.36 bits per heavy atom. The van der Waals surface area contributed by atoms with Crippen molar-refractivity contribution in [3.8, 4) is 0 Å². The van der Waals surface area contributed by atoms with Crippen LogP contribution >= 0.6 is 0 Å². The van der Waals surface area contributed by atoms with Gasteiger partial charge in [0, 0.05) is 25.2 Å². The van der Waals surface area contributed by atoms with Crippen molar-refractivity contribution < 1.29 is 9.53 Å². The van der Waals surface area contributed by atoms with E-state index in [9.17, 15) is 4.79 Å². The van der Waals surface area contributed by atoms with Crippen molar-refractivity contribution >= 4 is 6.09 Å². The number of ether oxygens (including phenoxy) is 1. The van der Waals surface area contributed by atoms with Crippen molar-refractivity contribution in [1.82, 2.24) is 10.2 Å². The molecule has 0 spiro atoms. The summed E-state index contributed by atoms with van der Waals surface area (Å²) in [5, 5.41) is 3.11. The topological polar surface area (TPSA) is 41.6 Å². The van der Waals surface area contributed by atoms with E-state index in [1.165, 1.54) is 32.2 Å². The van der Waals surface area contributed by atoms with Crippen LogP contribution < -0.4 is 5.32 Å². The maximum atomic E-state index is 12.1. The molecule has 1 saturated heterocycles. The van der Waals surface area contributed by atoms with E-state index in [4.69, 9.17) is 4.74 Å². The molecule has 22 heavy (non-hydrogen) atoms. The van der Waals surface area contributed by atoms with Crippen molar-refractivity contribution in [2.45, 2.75) is 84.4 Å². The number of piperidine rings is 1. The van der Waals surface area contributed by atoms with Gasteiger partial charge in [-0.15, -0.1) is 0 Å². The molecule has 2 aliphatic rings. The van der Waals surface area contributed by atoms with Crippen molar-refractivity contribution in [3.63, 3.8) is 0 Å². The Kier molecular flexibility index (Phi) is 5.76. The first-order valence-electron chi connectivity index (χ1n) is 8.98. The van der Waals surface area contributed by atoms with E-state index in [1.807, 2.05) is 20.8 Å². The maximum absolute atomic E-state index is 12.1. The van der Waals surface area contributed by atoms with E-state index < -0.39 is 5.60 Å². The van der Waals surface area contributed by atoms with Crippen LogP contribution in [-0.4, -0.2) is 41.8 Å². The minimum Gasteiger partial charge on any atom is -0.444 e. The molecule has 2 atom stereocenters. The molecule has 1 N–H and O–H groups in total. The average molecular weight is 310 g/mol. The molecule has 0 aromatic rings. The van der Waals surface area contributed by atoms with Gasteiger partial charge in [0.15, 0.2) is 0 Å². The van der Waals surface area contributed by atoms with Crippen molar-refractivity contribution in [1.29, 1.82) is 0 Å². The summed E-state index contributed by atoms with van der Waals surface area (Å²) in [4.78, 5) is 14.7. The molecule has 2 unspecified atom stereocenters. The van der Waals surface area contributed by atoms with Crippen LogP contribution in [0.25, 0.3) is 0 Å². The minimum absolute atomic E-state index is 0.219. The molecule has 0 aromatic heterocycles. The maximum Gasteiger partial charge on any atom is 0.407 e. The van der Waals surface area contributed by atoms with Gasteiger partial charge in [-0.2, -0.15) is 0 Å². The number of alkyl carbamates (subject to hydrolysis) is 1. The van der Waals surface area contributed by atoms with E-state index in [2.05, 4.69) is 24.1 Å². The Balaban J connectivity index is 1.95. The van der Waals surface area contributed by atoms with Gasteiger partial charge in [0.2, 0.25) is 0 Å². The lowest BCUT2D eigenvalue weighted by Gasteiger charge is -2.42. The molecule has 4 heteroatoms. The fraction of sp³-hybridized carbons (Fsp3) is 0.944. The molecule has 128 valence electrons. The van der Waals surface area contributed by atoms with Crippen molar-refractivity contribution in [2.75, 3.05) is 13.1 Å². The first-order chi connectivity index (χ1) is 10.2. The van der Waals surface area contributed by atoms with Gasteiger partial charge in [0.1, 0.15) is 5.60 Å². The normalized spacial score (nSPS) is 28.1. The third kappa shape index (κ3) is 5.15. The average Bonchev–Trinajstić information content (AvgIpc) is 2.89. The summed E-state index contributed by atoms with van der Waals surface area (Å²) in [5.41, 5.74) is -0.429. The van der Waals surface area contributed by atoms with Gasteiger partial charge < -0.3 is 10.1 Å². The molecule has 1 saturated carbocycles. The quantitative estimate of drug-likeness (QED) is 0.862. The van der Waals surface area contributed by atoms with Crippen LogP contribution in [0.4, 0.5) is 4.79 Å². The third-order valence-electron chi connectivity index (χ3n) is 5.02. The highest BCUT2D eigenvalue weighted by Gasteiger charge is 2.34. The summed E-state index contributed by atoms with van der Waals surface area (Å²) >= 11 is 0. The summed E-state index contributed by atoms with van der Waals surface area (Å²) in [6.45, 7) is 12.5. The van der Waals surface area contributed by atoms with Crippen molar-refractivity contribution in [2.24, 2.45) is 11.8 Å². The third-order valence-corrected chi connectivity index (χ3v) is 5.02. The fourth-order valence-corrected chi connectivity index (χ4v) is 3.80. The lowest BCUT2D eigenvalue weighted by Crippen LogP contribution is -2.54. The number of hydrogen-bond acceptors (Lipinski definition) is 3. The lowest BCUT2D eigenvalue weighted by atomic mass is 9.85. The van der Waals surface area contributed by atoms with Gasteiger partial charge in [0.05, 0.1) is 0 Å². The van der Waals surface area contributed by atoms with E-state index in [1.54, 1.807) is 0 Å². The largest absolute Gasteiger partial charge is 0.444 e. The van der Waals surface area contributed by atoms with Gasteiger partial charge in [-0.1, -0.05) is 26.7 Å². The lowest BCUT2D eigenvalue weighted by molar-refractivity contribution is 0.0382. The predicted octanol–water partition coefficient (Wildman–Crippen LogP) is 3.80. The predicted molar refractivity (Wildman–Crippen MR) is 89.9 cm³/mol. The molecule has 0 bridgehead atoms. The number of nitrogens with one attached hydrogen (secondary N) is 1. The molecule has 1 amide bonds. The highest BCUT2D eigenvalue weighted by Crippen LogP contribution is 2.30. The van der Waals surface area contributed by atoms with Crippen LogP contribution in [0.1, 0.15) is 66.7 Å². The summed E-state index contributed by atoms with van der Waals surface area (Å²) in [7, 11) is 0. The molecular formula is C18H34N2O2. The fourth-order valence-electron chi connectivity index (χ4n) is 3.80. The molecule has 4 nitrogen and oxygen atoms in total. The van der Waals surface area contributed by atoms with Crippen LogP contribution in [0.5, 0.6) is 0 Å². The van der Waals surface area contributed by atoms with Gasteiger partial charge in [-0.25, -0.2) is 4.79 Å². The summed E-state index contributed by atoms with van der Waals surface area (Å²) in [5.74, 6) is 1.32. The molecular weight excluding hydrogens is 276 g/mol. The van der Waals surface area contributed by atoms with E-state index in [0.717, 1.165) is 19.0 Å². The van der Waals surface area contributed by atoms with Gasteiger partial charge >= 0.3 is 6.09 Å². The molecule has 1 heterocycles. The minimum atomic E-state index is -0.429. The standard InChI is InChI=1S/C18H34N2O2/c1-13(2)14-10-15(19-17(21)22-18(3,4)5)12-20(11-14)16-8-6-7-9-16/h13-16H,6-12H2,1-5H3,(H,19,21). The molecule has 1 aliphatic carbocycles. The second-order valence-electron chi connectivity index (χ2n) is 8.48. The number of rotatable bonds is 3. The second kappa shape index (κ2) is 7.20. The molecule has 2 rings (SSSR count). The number of nitrogens with zero attached hydrogens (tertiary/aromatic N) is 1. The van der Waals surface area contributed by atoms with Crippen LogP contribution in [-0.2, 0) is 4.74 Å². The number of carbonyl (C=O) groups is 1. The van der Waals surface area contributed by atoms with E-state index in [-0.39, 0.29) is 12.1 Å². The molecule has 0 aromatic carbocycles. The summed E-state index contributed by atoms with van der Waals surface area (Å²) in [6.07, 6.45) is 6.16. The second-order valence-corrected chi connectivity index (χ2v) is 8.48. The summed E-state index contributed by atoms with van der Waals surface area (Å²) in [6, 6.07) is 0.945. The zero-order valence-corrected chi connectivity index (χ0v) is 15.0. The Morgan fingerprint density at radius 1 is 1.18 bits per heavy atom. The van der Waals surface area contributed by atoms with Gasteiger partial charge in [-0.05, 0) is 51.9 Å². The van der Waals surface area contributed by atoms with Gasteiger partial charge in [-0.3, -0.25) is 4.90 Å². The van der Waals surface area contributed by atoms with Crippen LogP contribution in [0.2, 0.25) is 0 Å². The highest BCUT2D eigenvalue weighted by molar-refractivity contribution is 5.68. The SMILES string of the molecule is CC(C)C1CC(NC(=O)OC(C)(C)C)CN(C2CCCC2)C1. The first-order valence-corrected chi connectivity index (χ1v) is 8.98. The van der Waals surface area contributed by atoms with E-state index >= 15 is 0 Å². The Bertz CT molecular complexity index is 370. The Morgan fingerprint density at radius 2 is 1.82 bits per heavy atom. The number of likely N-dealkylation sites (tertiary alicyclic amines) is 1. The monoisotopic (exact) mass is 310 g/mol. The van der Waals surface area contributed by atoms with Crippen molar-refractivity contribution in [3.05, 3.63) is 0 Å². The van der Waals surface area contributed by atoms with Crippen LogP contribution in [0.3, 0.4) is 0 Å². The Hall–Kier alpha value is -0.770. The van der Waals surface area contributed by atoms with E-state index in [0.29, 0.717) is 11.8 Å². The Labute approximate surface area is 136 Å².